The van der Waals surface area contributed by atoms with E-state index in [9.17, 15) is 24.9 Å². The summed E-state index contributed by atoms with van der Waals surface area (Å²) in [6.45, 7) is 9.19. The lowest BCUT2D eigenvalue weighted by atomic mass is 10.0. The second kappa shape index (κ2) is 72.9. The molecule has 0 aromatic rings. The van der Waals surface area contributed by atoms with E-state index in [1.165, 1.54) is 315 Å². The maximum atomic E-state index is 13.6. The molecule has 0 fully saturated rings. The predicted octanol–water partition coefficient (Wildman–Crippen LogP) is 24.0. The minimum atomic E-state index is -0.800. The zero-order valence-corrected chi connectivity index (χ0v) is 60.0. The molecule has 0 bridgehead atoms. The molecule has 5 atom stereocenters. The molecule has 0 aliphatic carbocycles. The van der Waals surface area contributed by atoms with Crippen LogP contribution in [0, 0.1) is 0 Å². The number of unbranched alkanes of at least 4 members (excludes halogenated alkanes) is 55. The molecule has 0 aromatic heterocycles. The number of rotatable bonds is 75. The molecule has 5 unspecified atom stereocenters. The van der Waals surface area contributed by atoms with Crippen molar-refractivity contribution < 1.29 is 29.6 Å². The van der Waals surface area contributed by atoms with E-state index in [1.54, 1.807) is 0 Å². The van der Waals surface area contributed by atoms with E-state index in [1.807, 2.05) is 6.08 Å². The molecule has 8 nitrogen and oxygen atoms in total. The third-order valence-corrected chi connectivity index (χ3v) is 19.3. The third-order valence-electron chi connectivity index (χ3n) is 19.3. The second-order valence-electron chi connectivity index (χ2n) is 28.1. The average molecular weight is 1240 g/mol. The summed E-state index contributed by atoms with van der Waals surface area (Å²) in [4.78, 5) is 26.6. The fraction of sp³-hybridized carbons (Fsp3) is 0.950. The molecule has 0 aromatic carbocycles. The van der Waals surface area contributed by atoms with Crippen LogP contribution < -0.4 is 10.6 Å². The molecule has 2 amide bonds. The van der Waals surface area contributed by atoms with Gasteiger partial charge in [0.15, 0.2) is 0 Å². The van der Waals surface area contributed by atoms with Crippen LogP contribution in [0.5, 0.6) is 0 Å². The SMILES string of the molecule is CCCCCCCCCCCCC/C=C/C(O)C(COC(CCCCCCCCCCCCCCCCCC)CCCCCCC(=O)NC(CO)C(O)CCCCCCCCCCCCCCC)NC(=O)CCCCCCCCCCCCCCCCC. The van der Waals surface area contributed by atoms with Gasteiger partial charge in [0.25, 0.3) is 0 Å². The van der Waals surface area contributed by atoms with Gasteiger partial charge in [0.2, 0.25) is 11.8 Å². The second-order valence-corrected chi connectivity index (χ2v) is 28.1. The molecule has 88 heavy (non-hydrogen) atoms. The van der Waals surface area contributed by atoms with Gasteiger partial charge in [-0.05, 0) is 44.9 Å². The Hall–Kier alpha value is -1.48. The summed E-state index contributed by atoms with van der Waals surface area (Å²) in [7, 11) is 0. The quantitative estimate of drug-likeness (QED) is 0.0305. The summed E-state index contributed by atoms with van der Waals surface area (Å²) in [6, 6.07) is -1.10. The number of hydrogen-bond acceptors (Lipinski definition) is 6. The van der Waals surface area contributed by atoms with E-state index >= 15 is 0 Å². The van der Waals surface area contributed by atoms with Crippen LogP contribution in [-0.2, 0) is 14.3 Å². The number of carbonyl (C=O) groups excluding carboxylic acids is 2. The Kier molecular flexibility index (Phi) is 71.7. The first-order chi connectivity index (χ1) is 43.3. The van der Waals surface area contributed by atoms with Crippen molar-refractivity contribution in [3.63, 3.8) is 0 Å². The first-order valence-electron chi connectivity index (χ1n) is 40.2. The van der Waals surface area contributed by atoms with Crippen molar-refractivity contribution in [2.45, 2.75) is 475 Å². The number of ether oxygens (including phenoxy) is 1. The monoisotopic (exact) mass is 1240 g/mol. The normalized spacial score (nSPS) is 13.6. The Morgan fingerprint density at radius 2 is 0.580 bits per heavy atom. The highest BCUT2D eigenvalue weighted by Crippen LogP contribution is 2.22. The number of hydrogen-bond donors (Lipinski definition) is 5. The molecule has 5 N–H and O–H groups in total. The lowest BCUT2D eigenvalue weighted by molar-refractivity contribution is -0.124. The van der Waals surface area contributed by atoms with Gasteiger partial charge in [0, 0.05) is 12.8 Å². The standard InChI is InChI=1S/C80H158N2O6/c1-5-9-13-17-21-25-29-33-35-37-40-42-46-50-54-60-66-74(67-61-58-59-65-70-79(86)81-75(72-83)77(84)68-62-55-51-47-43-38-31-27-23-19-15-11-7-3)88-73-76(78(85)69-63-56-52-48-44-39-32-28-24-20-16-12-8-4)82-80(87)71-64-57-53-49-45-41-36-34-30-26-22-18-14-10-6-2/h63,69,74-78,83-85H,5-62,64-68,70-73H2,1-4H3,(H,81,86)(H,82,87)/b69-63+. The van der Waals surface area contributed by atoms with Crippen LogP contribution in [0.2, 0.25) is 0 Å². The zero-order valence-electron chi connectivity index (χ0n) is 60.0. The third kappa shape index (κ3) is 64.6. The molecule has 0 aliphatic heterocycles. The van der Waals surface area contributed by atoms with Gasteiger partial charge in [-0.1, -0.05) is 399 Å². The van der Waals surface area contributed by atoms with Gasteiger partial charge in [-0.2, -0.15) is 0 Å². The highest BCUT2D eigenvalue weighted by molar-refractivity contribution is 5.76. The molecule has 0 rings (SSSR count). The lowest BCUT2D eigenvalue weighted by Gasteiger charge is -2.26. The molecule has 0 heterocycles. The molecule has 0 radical (unpaired) electrons. The number of aliphatic hydroxyl groups is 3. The van der Waals surface area contributed by atoms with E-state index in [0.29, 0.717) is 25.9 Å². The number of carbonyl (C=O) groups is 2. The minimum absolute atomic E-state index is 0.0223. The lowest BCUT2D eigenvalue weighted by Crippen LogP contribution is -2.46. The van der Waals surface area contributed by atoms with Crippen molar-refractivity contribution in [3.05, 3.63) is 12.2 Å². The smallest absolute Gasteiger partial charge is 0.220 e. The fourth-order valence-electron chi connectivity index (χ4n) is 13.1. The van der Waals surface area contributed by atoms with Crippen LogP contribution >= 0.6 is 0 Å². The van der Waals surface area contributed by atoms with Crippen molar-refractivity contribution >= 4 is 11.8 Å². The maximum Gasteiger partial charge on any atom is 0.220 e. The summed E-state index contributed by atoms with van der Waals surface area (Å²) in [5, 5.41) is 38.8. The average Bonchev–Trinajstić information content (AvgIpc) is 3.52. The van der Waals surface area contributed by atoms with Gasteiger partial charge in [-0.25, -0.2) is 0 Å². The van der Waals surface area contributed by atoms with Gasteiger partial charge in [0.1, 0.15) is 0 Å². The summed E-state index contributed by atoms with van der Waals surface area (Å²) >= 11 is 0. The molecular formula is C80H158N2O6. The van der Waals surface area contributed by atoms with Crippen molar-refractivity contribution in [2.24, 2.45) is 0 Å². The first-order valence-corrected chi connectivity index (χ1v) is 40.2. The van der Waals surface area contributed by atoms with Gasteiger partial charge in [-0.15, -0.1) is 0 Å². The van der Waals surface area contributed by atoms with Gasteiger partial charge in [0.05, 0.1) is 43.6 Å². The van der Waals surface area contributed by atoms with E-state index in [2.05, 4.69) is 44.4 Å². The Labute approximate surface area is 550 Å². The molecule has 0 spiro atoms. The van der Waals surface area contributed by atoms with Crippen LogP contribution in [0.3, 0.4) is 0 Å². The fourth-order valence-corrected chi connectivity index (χ4v) is 13.1. The van der Waals surface area contributed by atoms with Crippen LogP contribution in [0.4, 0.5) is 0 Å². The van der Waals surface area contributed by atoms with Crippen LogP contribution in [-0.4, -0.2) is 70.7 Å². The summed E-state index contributed by atoms with van der Waals surface area (Å²) < 4.78 is 6.78. The zero-order chi connectivity index (χ0) is 64.0. The largest absolute Gasteiger partial charge is 0.394 e. The first kappa shape index (κ1) is 86.5. The van der Waals surface area contributed by atoms with Gasteiger partial charge < -0.3 is 30.7 Å². The minimum Gasteiger partial charge on any atom is -0.394 e. The molecule has 0 saturated carbocycles. The summed E-state index contributed by atoms with van der Waals surface area (Å²) in [6.07, 6.45) is 82.8. The van der Waals surface area contributed by atoms with Crippen LogP contribution in [0.1, 0.15) is 445 Å². The molecular weight excluding hydrogens is 1080 g/mol. The Balaban J connectivity index is 5.29. The van der Waals surface area contributed by atoms with Crippen molar-refractivity contribution in [1.82, 2.24) is 10.6 Å². The van der Waals surface area contributed by atoms with E-state index in [0.717, 1.165) is 83.5 Å². The maximum absolute atomic E-state index is 13.6. The molecule has 8 heteroatoms. The Morgan fingerprint density at radius 3 is 0.875 bits per heavy atom. The number of allylic oxidation sites excluding steroid dienone is 1. The van der Waals surface area contributed by atoms with Crippen LogP contribution in [0.25, 0.3) is 0 Å². The summed E-state index contributed by atoms with van der Waals surface area (Å²) in [5.41, 5.74) is 0. The molecule has 0 aliphatic rings. The number of aliphatic hydroxyl groups excluding tert-OH is 3. The van der Waals surface area contributed by atoms with Crippen molar-refractivity contribution in [2.75, 3.05) is 13.2 Å². The topological polar surface area (TPSA) is 128 Å². The van der Waals surface area contributed by atoms with Crippen molar-refractivity contribution in [1.29, 1.82) is 0 Å². The Bertz CT molecular complexity index is 1390. The highest BCUT2D eigenvalue weighted by Gasteiger charge is 2.23. The van der Waals surface area contributed by atoms with Crippen molar-refractivity contribution in [3.8, 4) is 0 Å². The predicted molar refractivity (Wildman–Crippen MR) is 385 cm³/mol. The van der Waals surface area contributed by atoms with Crippen LogP contribution in [0.15, 0.2) is 12.2 Å². The summed E-state index contributed by atoms with van der Waals surface area (Å²) in [5.74, 6) is -0.0682. The van der Waals surface area contributed by atoms with E-state index < -0.39 is 24.3 Å². The number of amides is 2. The highest BCUT2D eigenvalue weighted by atomic mass is 16.5. The van der Waals surface area contributed by atoms with Gasteiger partial charge >= 0.3 is 0 Å². The number of nitrogens with one attached hydrogen (secondary N) is 2. The van der Waals surface area contributed by atoms with E-state index in [4.69, 9.17) is 4.74 Å². The van der Waals surface area contributed by atoms with Gasteiger partial charge in [-0.3, -0.25) is 9.59 Å². The van der Waals surface area contributed by atoms with E-state index in [-0.39, 0.29) is 24.5 Å². The Morgan fingerprint density at radius 1 is 0.330 bits per heavy atom. The molecule has 524 valence electrons. The molecule has 0 saturated heterocycles.